The van der Waals surface area contributed by atoms with Gasteiger partial charge in [0.15, 0.2) is 0 Å². The van der Waals surface area contributed by atoms with Crippen molar-refractivity contribution in [2.45, 2.75) is 50.8 Å². The average Bonchev–Trinajstić information content (AvgIpc) is 3.63. The maximum absolute atomic E-state index is 13.4. The van der Waals surface area contributed by atoms with Gasteiger partial charge in [-0.2, -0.15) is 0 Å². The highest BCUT2D eigenvalue weighted by molar-refractivity contribution is 8.07. The Hall–Kier alpha value is -2.87. The summed E-state index contributed by atoms with van der Waals surface area (Å²) in [6, 6.07) is 10.4. The van der Waals surface area contributed by atoms with Crippen LogP contribution in [0.25, 0.3) is 0 Å². The number of amides is 2. The van der Waals surface area contributed by atoms with Crippen LogP contribution >= 0.6 is 11.8 Å². The predicted octanol–water partition coefficient (Wildman–Crippen LogP) is 3.64. The lowest BCUT2D eigenvalue weighted by atomic mass is 9.87. The van der Waals surface area contributed by atoms with Crippen molar-refractivity contribution in [1.82, 2.24) is 10.3 Å². The summed E-state index contributed by atoms with van der Waals surface area (Å²) in [6.07, 6.45) is 3.28. The molecule has 2 heterocycles. The van der Waals surface area contributed by atoms with Gasteiger partial charge < -0.3 is 10.1 Å². The standard InChI is InChI=1S/C25H31N3O4S/c1-5-32-21(29)12-14-27-23(30)22(17-7-6-13-26-15-17)28(24(31)20-16-33-20)19-10-8-18(9-11-19)25(2,3)4/h6-11,13,15,20,22H,5,12,14,16H2,1-4H3,(H,27,30)/t20-,22+/m0/s1. The van der Waals surface area contributed by atoms with Gasteiger partial charge in [0.25, 0.3) is 0 Å². The first-order chi connectivity index (χ1) is 15.7. The molecule has 8 heteroatoms. The highest BCUT2D eigenvalue weighted by atomic mass is 32.2. The third-order valence-electron chi connectivity index (χ3n) is 5.30. The molecule has 1 aliphatic heterocycles. The Morgan fingerprint density at radius 3 is 2.45 bits per heavy atom. The average molecular weight is 470 g/mol. The van der Waals surface area contributed by atoms with Crippen LogP contribution in [0, 0.1) is 0 Å². The Morgan fingerprint density at radius 1 is 1.21 bits per heavy atom. The normalized spacial score (nSPS) is 15.9. The molecule has 3 rings (SSSR count). The number of benzene rings is 1. The van der Waals surface area contributed by atoms with Crippen LogP contribution in [-0.2, 0) is 24.5 Å². The maximum atomic E-state index is 13.4. The molecule has 0 unspecified atom stereocenters. The molecule has 7 nitrogen and oxygen atoms in total. The van der Waals surface area contributed by atoms with E-state index in [0.717, 1.165) is 11.3 Å². The second-order valence-electron chi connectivity index (χ2n) is 8.86. The summed E-state index contributed by atoms with van der Waals surface area (Å²) in [7, 11) is 0. The van der Waals surface area contributed by atoms with E-state index < -0.39 is 6.04 Å². The molecule has 0 spiro atoms. The largest absolute Gasteiger partial charge is 0.466 e. The van der Waals surface area contributed by atoms with Gasteiger partial charge in [0.2, 0.25) is 11.8 Å². The number of nitrogens with one attached hydrogen (secondary N) is 1. The third kappa shape index (κ3) is 6.57. The van der Waals surface area contributed by atoms with Crippen LogP contribution in [0.3, 0.4) is 0 Å². The number of carbonyl (C=O) groups excluding carboxylic acids is 3. The SMILES string of the molecule is CCOC(=O)CCNC(=O)[C@@H](c1cccnc1)N(C(=O)[C@@H]1CS1)c1ccc(C(C)(C)C)cc1. The zero-order valence-electron chi connectivity index (χ0n) is 19.5. The van der Waals surface area contributed by atoms with Crippen molar-refractivity contribution in [3.05, 3.63) is 59.9 Å². The minimum atomic E-state index is -0.907. The highest BCUT2D eigenvalue weighted by Crippen LogP contribution is 2.37. The van der Waals surface area contributed by atoms with Gasteiger partial charge in [0.1, 0.15) is 6.04 Å². The molecule has 0 saturated carbocycles. The summed E-state index contributed by atoms with van der Waals surface area (Å²) in [5.74, 6) is -0.125. The number of rotatable bonds is 9. The second-order valence-corrected chi connectivity index (χ2v) is 10.1. The molecule has 1 saturated heterocycles. The Morgan fingerprint density at radius 2 is 1.91 bits per heavy atom. The van der Waals surface area contributed by atoms with Gasteiger partial charge in [-0.25, -0.2) is 0 Å². The number of hydrogen-bond acceptors (Lipinski definition) is 6. The van der Waals surface area contributed by atoms with E-state index in [4.69, 9.17) is 4.74 Å². The van der Waals surface area contributed by atoms with Gasteiger partial charge in [-0.15, -0.1) is 11.8 Å². The zero-order valence-corrected chi connectivity index (χ0v) is 20.4. The summed E-state index contributed by atoms with van der Waals surface area (Å²) >= 11 is 1.56. The lowest BCUT2D eigenvalue weighted by Gasteiger charge is -2.32. The molecular weight excluding hydrogens is 438 g/mol. The van der Waals surface area contributed by atoms with E-state index in [1.807, 2.05) is 24.3 Å². The lowest BCUT2D eigenvalue weighted by Crippen LogP contribution is -2.46. The van der Waals surface area contributed by atoms with E-state index in [0.29, 0.717) is 11.3 Å². The Labute approximate surface area is 199 Å². The van der Waals surface area contributed by atoms with Gasteiger partial charge in [0, 0.05) is 35.9 Å². The predicted molar refractivity (Wildman–Crippen MR) is 130 cm³/mol. The molecule has 0 bridgehead atoms. The summed E-state index contributed by atoms with van der Waals surface area (Å²) in [5, 5.41) is 2.63. The lowest BCUT2D eigenvalue weighted by molar-refractivity contribution is -0.143. The second kappa shape index (κ2) is 10.8. The Kier molecular flexibility index (Phi) is 8.13. The number of ether oxygens (including phenoxy) is 1. The van der Waals surface area contributed by atoms with E-state index in [9.17, 15) is 14.4 Å². The quantitative estimate of drug-likeness (QED) is 0.446. The van der Waals surface area contributed by atoms with Crippen LogP contribution in [0.1, 0.15) is 51.3 Å². The molecule has 176 valence electrons. The molecule has 1 aliphatic rings. The fourth-order valence-corrected chi connectivity index (χ4v) is 3.94. The van der Waals surface area contributed by atoms with Gasteiger partial charge >= 0.3 is 5.97 Å². The van der Waals surface area contributed by atoms with E-state index in [1.165, 1.54) is 0 Å². The van der Waals surface area contributed by atoms with Crippen LogP contribution in [0.2, 0.25) is 0 Å². The number of aromatic nitrogens is 1. The molecule has 1 N–H and O–H groups in total. The number of hydrogen-bond donors (Lipinski definition) is 1. The number of pyridine rings is 1. The van der Waals surface area contributed by atoms with Crippen molar-refractivity contribution in [3.63, 3.8) is 0 Å². The number of carbonyl (C=O) groups is 3. The first kappa shape index (κ1) is 24.8. The van der Waals surface area contributed by atoms with Crippen LogP contribution in [-0.4, -0.2) is 46.9 Å². The van der Waals surface area contributed by atoms with Crippen LogP contribution in [0.15, 0.2) is 48.8 Å². The molecule has 33 heavy (non-hydrogen) atoms. The summed E-state index contributed by atoms with van der Waals surface area (Å²) in [6.45, 7) is 8.53. The smallest absolute Gasteiger partial charge is 0.307 e. The van der Waals surface area contributed by atoms with Gasteiger partial charge in [-0.3, -0.25) is 24.3 Å². The van der Waals surface area contributed by atoms with E-state index in [1.54, 1.807) is 48.1 Å². The summed E-state index contributed by atoms with van der Waals surface area (Å²) in [5.41, 5.74) is 2.35. The minimum absolute atomic E-state index is 0.0348. The topological polar surface area (TPSA) is 88.6 Å². The van der Waals surface area contributed by atoms with E-state index in [2.05, 4.69) is 31.1 Å². The van der Waals surface area contributed by atoms with Crippen molar-refractivity contribution >= 4 is 35.2 Å². The van der Waals surface area contributed by atoms with Crippen molar-refractivity contribution < 1.29 is 19.1 Å². The van der Waals surface area contributed by atoms with Crippen LogP contribution in [0.5, 0.6) is 0 Å². The molecular formula is C25H31N3O4S. The highest BCUT2D eigenvalue weighted by Gasteiger charge is 2.41. The van der Waals surface area contributed by atoms with Crippen molar-refractivity contribution in [1.29, 1.82) is 0 Å². The van der Waals surface area contributed by atoms with Crippen LogP contribution < -0.4 is 10.2 Å². The number of anilines is 1. The third-order valence-corrected chi connectivity index (χ3v) is 6.17. The van der Waals surface area contributed by atoms with E-state index >= 15 is 0 Å². The molecule has 2 aromatic rings. The van der Waals surface area contributed by atoms with Crippen molar-refractivity contribution in [2.75, 3.05) is 23.8 Å². The van der Waals surface area contributed by atoms with Crippen LogP contribution in [0.4, 0.5) is 5.69 Å². The molecule has 1 aromatic heterocycles. The Balaban J connectivity index is 1.93. The molecule has 2 amide bonds. The molecule has 1 fully saturated rings. The monoisotopic (exact) mass is 469 g/mol. The maximum Gasteiger partial charge on any atom is 0.307 e. The van der Waals surface area contributed by atoms with Gasteiger partial charge in [0.05, 0.1) is 18.3 Å². The molecule has 2 atom stereocenters. The molecule has 0 radical (unpaired) electrons. The van der Waals surface area contributed by atoms with Crippen molar-refractivity contribution in [2.24, 2.45) is 0 Å². The molecule has 0 aliphatic carbocycles. The fourth-order valence-electron chi connectivity index (χ4n) is 3.44. The summed E-state index contributed by atoms with van der Waals surface area (Å²) in [4.78, 5) is 44.2. The first-order valence-electron chi connectivity index (χ1n) is 11.1. The fraction of sp³-hybridized carbons (Fsp3) is 0.440. The van der Waals surface area contributed by atoms with E-state index in [-0.39, 0.29) is 48.0 Å². The summed E-state index contributed by atoms with van der Waals surface area (Å²) < 4.78 is 4.93. The van der Waals surface area contributed by atoms with Gasteiger partial charge in [-0.1, -0.05) is 39.0 Å². The Bertz CT molecular complexity index is 969. The minimum Gasteiger partial charge on any atom is -0.466 e. The number of thioether (sulfide) groups is 1. The number of esters is 1. The van der Waals surface area contributed by atoms with Crippen molar-refractivity contribution in [3.8, 4) is 0 Å². The first-order valence-corrected chi connectivity index (χ1v) is 12.2. The zero-order chi connectivity index (χ0) is 24.0. The molecule has 1 aromatic carbocycles. The van der Waals surface area contributed by atoms with Gasteiger partial charge in [-0.05, 0) is 36.1 Å². The number of nitrogens with zero attached hydrogens (tertiary/aromatic N) is 2.